The lowest BCUT2D eigenvalue weighted by atomic mass is 9.90. The van der Waals surface area contributed by atoms with Crippen LogP contribution in [0.2, 0.25) is 5.02 Å². The molecular weight excluding hydrogens is 410 g/mol. The highest BCUT2D eigenvalue weighted by molar-refractivity contribution is 6.30. The fourth-order valence-corrected chi connectivity index (χ4v) is 4.34. The van der Waals surface area contributed by atoms with Crippen molar-refractivity contribution in [3.8, 4) is 16.9 Å². The van der Waals surface area contributed by atoms with Gasteiger partial charge in [-0.05, 0) is 79.9 Å². The number of halogens is 1. The number of nitrogens with one attached hydrogen (secondary N) is 2. The zero-order valence-electron chi connectivity index (χ0n) is 17.3. The van der Waals surface area contributed by atoms with Gasteiger partial charge in [0, 0.05) is 28.0 Å². The molecule has 31 heavy (non-hydrogen) atoms. The summed E-state index contributed by atoms with van der Waals surface area (Å²) < 4.78 is 7.30. The van der Waals surface area contributed by atoms with Gasteiger partial charge in [0.15, 0.2) is 5.65 Å². The summed E-state index contributed by atoms with van der Waals surface area (Å²) in [6, 6.07) is 18.2. The summed E-state index contributed by atoms with van der Waals surface area (Å²) in [4.78, 5) is 4.74. The number of aromatic nitrogens is 3. The molecule has 0 aliphatic carbocycles. The lowest BCUT2D eigenvalue weighted by Gasteiger charge is -2.23. The molecule has 0 atom stereocenters. The first kappa shape index (κ1) is 19.8. The molecule has 3 heterocycles. The molecule has 0 unspecified atom stereocenters. The van der Waals surface area contributed by atoms with Gasteiger partial charge in [0.05, 0.1) is 7.11 Å². The monoisotopic (exact) mass is 433 g/mol. The number of piperidine rings is 1. The SMILES string of the molecule is COc1cc(Cl)ccc1-c1cccn2nc(Nc3ccc(C4CCNCC4)cc3)nc12. The minimum atomic E-state index is 0.551. The van der Waals surface area contributed by atoms with Crippen LogP contribution in [-0.2, 0) is 0 Å². The highest BCUT2D eigenvalue weighted by atomic mass is 35.5. The minimum Gasteiger partial charge on any atom is -0.496 e. The topological polar surface area (TPSA) is 63.5 Å². The van der Waals surface area contributed by atoms with Crippen LogP contribution in [0.1, 0.15) is 24.3 Å². The fourth-order valence-electron chi connectivity index (χ4n) is 4.18. The summed E-state index contributed by atoms with van der Waals surface area (Å²) in [6.45, 7) is 2.19. The Bertz CT molecular complexity index is 1200. The molecule has 4 aromatic rings. The number of pyridine rings is 1. The summed E-state index contributed by atoms with van der Waals surface area (Å²) in [6.07, 6.45) is 4.27. The maximum Gasteiger partial charge on any atom is 0.247 e. The Hall–Kier alpha value is -3.09. The van der Waals surface area contributed by atoms with E-state index < -0.39 is 0 Å². The summed E-state index contributed by atoms with van der Waals surface area (Å²) in [5.41, 5.74) is 4.96. The van der Waals surface area contributed by atoms with Crippen LogP contribution in [-0.4, -0.2) is 34.8 Å². The molecule has 0 radical (unpaired) electrons. The predicted octanol–water partition coefficient (Wildman–Crippen LogP) is 5.27. The first-order valence-corrected chi connectivity index (χ1v) is 10.9. The van der Waals surface area contributed by atoms with Crippen molar-refractivity contribution in [1.29, 1.82) is 0 Å². The Balaban J connectivity index is 1.42. The number of methoxy groups -OCH3 is 1. The Kier molecular flexibility index (Phi) is 5.49. The largest absolute Gasteiger partial charge is 0.496 e. The van der Waals surface area contributed by atoms with Gasteiger partial charge in [-0.15, -0.1) is 5.10 Å². The molecule has 1 saturated heterocycles. The van der Waals surface area contributed by atoms with Crippen molar-refractivity contribution in [2.45, 2.75) is 18.8 Å². The van der Waals surface area contributed by atoms with E-state index in [2.05, 4.69) is 40.0 Å². The van der Waals surface area contributed by atoms with Gasteiger partial charge in [-0.1, -0.05) is 23.7 Å². The maximum absolute atomic E-state index is 6.13. The third-order valence-corrected chi connectivity index (χ3v) is 6.03. The second kappa shape index (κ2) is 8.57. The molecule has 1 fully saturated rings. The van der Waals surface area contributed by atoms with E-state index in [1.54, 1.807) is 17.7 Å². The highest BCUT2D eigenvalue weighted by Crippen LogP contribution is 2.34. The van der Waals surface area contributed by atoms with Crippen molar-refractivity contribution in [1.82, 2.24) is 19.9 Å². The first-order chi connectivity index (χ1) is 15.2. The number of nitrogens with zero attached hydrogens (tertiary/aromatic N) is 3. The summed E-state index contributed by atoms with van der Waals surface area (Å²) in [5, 5.41) is 12.0. The van der Waals surface area contributed by atoms with Gasteiger partial charge in [-0.2, -0.15) is 4.98 Å². The Morgan fingerprint density at radius 2 is 1.87 bits per heavy atom. The van der Waals surface area contributed by atoms with Crippen molar-refractivity contribution in [3.05, 3.63) is 71.4 Å². The van der Waals surface area contributed by atoms with Crippen LogP contribution in [0.3, 0.4) is 0 Å². The molecule has 2 aromatic heterocycles. The van der Waals surface area contributed by atoms with E-state index in [0.717, 1.165) is 35.6 Å². The average molecular weight is 434 g/mol. The second-order valence-electron chi connectivity index (χ2n) is 7.74. The third-order valence-electron chi connectivity index (χ3n) is 5.79. The van der Waals surface area contributed by atoms with E-state index in [1.807, 2.05) is 30.5 Å². The molecule has 2 N–H and O–H groups in total. The van der Waals surface area contributed by atoms with E-state index in [-0.39, 0.29) is 0 Å². The van der Waals surface area contributed by atoms with Crippen LogP contribution in [0.25, 0.3) is 16.8 Å². The predicted molar refractivity (Wildman–Crippen MR) is 125 cm³/mol. The Morgan fingerprint density at radius 3 is 2.65 bits per heavy atom. The average Bonchev–Trinajstić information content (AvgIpc) is 3.23. The number of rotatable bonds is 5. The van der Waals surface area contributed by atoms with Crippen LogP contribution in [0, 0.1) is 0 Å². The van der Waals surface area contributed by atoms with Gasteiger partial charge in [-0.3, -0.25) is 0 Å². The zero-order valence-corrected chi connectivity index (χ0v) is 18.1. The lowest BCUT2D eigenvalue weighted by Crippen LogP contribution is -2.26. The molecule has 7 heteroatoms. The van der Waals surface area contributed by atoms with Crippen LogP contribution >= 0.6 is 11.6 Å². The number of fused-ring (bicyclic) bond motifs is 1. The summed E-state index contributed by atoms with van der Waals surface area (Å²) in [7, 11) is 1.64. The molecule has 2 aromatic carbocycles. The van der Waals surface area contributed by atoms with Crippen LogP contribution in [0.4, 0.5) is 11.6 Å². The quantitative estimate of drug-likeness (QED) is 0.449. The van der Waals surface area contributed by atoms with Crippen LogP contribution in [0.5, 0.6) is 5.75 Å². The van der Waals surface area contributed by atoms with Crippen LogP contribution in [0.15, 0.2) is 60.8 Å². The number of anilines is 2. The Labute approximate surface area is 186 Å². The maximum atomic E-state index is 6.13. The second-order valence-corrected chi connectivity index (χ2v) is 8.18. The molecule has 0 spiro atoms. The fraction of sp³-hybridized carbons (Fsp3) is 0.250. The zero-order chi connectivity index (χ0) is 21.2. The molecule has 1 aliphatic heterocycles. The molecule has 5 rings (SSSR count). The number of hydrogen-bond acceptors (Lipinski definition) is 5. The molecular formula is C24H24ClN5O. The minimum absolute atomic E-state index is 0.551. The molecule has 0 bridgehead atoms. The van der Waals surface area contributed by atoms with Crippen molar-refractivity contribution in [3.63, 3.8) is 0 Å². The van der Waals surface area contributed by atoms with Crippen molar-refractivity contribution in [2.24, 2.45) is 0 Å². The number of ether oxygens (including phenoxy) is 1. The van der Waals surface area contributed by atoms with E-state index in [1.165, 1.54) is 18.4 Å². The van der Waals surface area contributed by atoms with Gasteiger partial charge < -0.3 is 15.4 Å². The molecule has 158 valence electrons. The van der Waals surface area contributed by atoms with Crippen molar-refractivity contribution < 1.29 is 4.74 Å². The van der Waals surface area contributed by atoms with Crippen molar-refractivity contribution >= 4 is 28.9 Å². The van der Waals surface area contributed by atoms with Gasteiger partial charge in [0.25, 0.3) is 0 Å². The Morgan fingerprint density at radius 1 is 1.06 bits per heavy atom. The van der Waals surface area contributed by atoms with E-state index in [4.69, 9.17) is 21.3 Å². The van der Waals surface area contributed by atoms with E-state index in [9.17, 15) is 0 Å². The van der Waals surface area contributed by atoms with E-state index >= 15 is 0 Å². The summed E-state index contributed by atoms with van der Waals surface area (Å²) in [5.74, 6) is 1.89. The van der Waals surface area contributed by atoms with Crippen LogP contribution < -0.4 is 15.4 Å². The first-order valence-electron chi connectivity index (χ1n) is 10.5. The van der Waals surface area contributed by atoms with Crippen molar-refractivity contribution in [2.75, 3.05) is 25.5 Å². The van der Waals surface area contributed by atoms with Gasteiger partial charge in [0.1, 0.15) is 5.75 Å². The third kappa shape index (κ3) is 4.09. The molecule has 6 nitrogen and oxygen atoms in total. The van der Waals surface area contributed by atoms with Gasteiger partial charge in [-0.25, -0.2) is 4.52 Å². The van der Waals surface area contributed by atoms with E-state index in [0.29, 0.717) is 22.6 Å². The number of hydrogen-bond donors (Lipinski definition) is 2. The lowest BCUT2D eigenvalue weighted by molar-refractivity contribution is 0.416. The highest BCUT2D eigenvalue weighted by Gasteiger charge is 2.16. The normalized spacial score (nSPS) is 14.6. The molecule has 1 aliphatic rings. The van der Waals surface area contributed by atoms with Gasteiger partial charge in [0.2, 0.25) is 5.95 Å². The molecule has 0 saturated carbocycles. The smallest absolute Gasteiger partial charge is 0.247 e. The number of benzene rings is 2. The molecule has 0 amide bonds. The summed E-state index contributed by atoms with van der Waals surface area (Å²) >= 11 is 6.13. The standard InChI is InChI=1S/C24H24ClN5O/c1-31-22-15-18(25)6-9-20(22)21-3-2-14-30-23(21)28-24(29-30)27-19-7-4-16(5-8-19)17-10-12-26-13-11-17/h2-9,14-15,17,26H,10-13H2,1H3,(H,27,29). The van der Waals surface area contributed by atoms with Gasteiger partial charge >= 0.3 is 0 Å².